The first kappa shape index (κ1) is 29.1. The number of allylic oxidation sites excluding steroid dienone is 1. The number of hydrogen-bond donors (Lipinski definition) is 3. The third kappa shape index (κ3) is 9.84. The minimum absolute atomic E-state index is 0.194. The minimum atomic E-state index is -1.04. The van der Waals surface area contributed by atoms with E-state index in [1.807, 2.05) is 36.4 Å². The molecule has 1 fully saturated rings. The third-order valence-corrected chi connectivity index (χ3v) is 6.55. The van der Waals surface area contributed by atoms with Gasteiger partial charge >= 0.3 is 5.97 Å². The van der Waals surface area contributed by atoms with Crippen LogP contribution in [-0.2, 0) is 25.6 Å². The first-order valence-corrected chi connectivity index (χ1v) is 13.1. The standard InChI is InChI=1S/C28H41N3O5/c1-3-4-5-6-7-8-9-13-18-25(32)29-21(2)26(33)30-23(20-22-15-11-10-12-16-22)27(34)31-19-14-17-24(31)28(35)36/h3,10-12,15-16,21,23-24H,1,4-9,13-14,17-20H2,2H3,(H,29,32)(H,30,33)(H,35,36)/t21-,23-,24-/m0/s1. The normalized spacial score (nSPS) is 16.7. The zero-order valence-corrected chi connectivity index (χ0v) is 21.4. The Morgan fingerprint density at radius 2 is 1.72 bits per heavy atom. The molecule has 0 aliphatic carbocycles. The number of carboxylic acids is 1. The number of benzene rings is 1. The van der Waals surface area contributed by atoms with Gasteiger partial charge in [-0.2, -0.15) is 0 Å². The van der Waals surface area contributed by atoms with Crippen molar-refractivity contribution < 1.29 is 24.3 Å². The fourth-order valence-corrected chi connectivity index (χ4v) is 4.49. The number of carbonyl (C=O) groups is 4. The maximum absolute atomic E-state index is 13.3. The lowest BCUT2D eigenvalue weighted by Crippen LogP contribution is -2.55. The number of carbonyl (C=O) groups excluding carboxylic acids is 3. The van der Waals surface area contributed by atoms with Gasteiger partial charge in [0.05, 0.1) is 0 Å². The van der Waals surface area contributed by atoms with E-state index >= 15 is 0 Å². The smallest absolute Gasteiger partial charge is 0.326 e. The van der Waals surface area contributed by atoms with Gasteiger partial charge in [-0.15, -0.1) is 6.58 Å². The molecule has 1 aliphatic rings. The summed E-state index contributed by atoms with van der Waals surface area (Å²) in [5, 5.41) is 15.0. The van der Waals surface area contributed by atoms with Crippen LogP contribution in [0.4, 0.5) is 0 Å². The zero-order chi connectivity index (χ0) is 26.3. The molecule has 1 saturated heterocycles. The molecule has 8 nitrogen and oxygen atoms in total. The van der Waals surface area contributed by atoms with Crippen LogP contribution in [0.1, 0.15) is 76.7 Å². The topological polar surface area (TPSA) is 116 Å². The molecule has 8 heteroatoms. The second kappa shape index (κ2) is 15.8. The predicted octanol–water partition coefficient (Wildman–Crippen LogP) is 3.60. The van der Waals surface area contributed by atoms with Crippen LogP contribution in [-0.4, -0.2) is 58.4 Å². The molecule has 1 aromatic carbocycles. The molecule has 198 valence electrons. The largest absolute Gasteiger partial charge is 0.480 e. The quantitative estimate of drug-likeness (QED) is 0.237. The Hall–Kier alpha value is -3.16. The van der Waals surface area contributed by atoms with Crippen LogP contribution >= 0.6 is 0 Å². The van der Waals surface area contributed by atoms with E-state index in [9.17, 15) is 24.3 Å². The molecule has 36 heavy (non-hydrogen) atoms. The second-order valence-corrected chi connectivity index (χ2v) is 9.52. The molecule has 0 aromatic heterocycles. The van der Waals surface area contributed by atoms with Gasteiger partial charge < -0.3 is 20.6 Å². The summed E-state index contributed by atoms with van der Waals surface area (Å²) in [5.41, 5.74) is 0.850. The maximum atomic E-state index is 13.3. The Morgan fingerprint density at radius 1 is 1.06 bits per heavy atom. The average molecular weight is 500 g/mol. The van der Waals surface area contributed by atoms with Gasteiger partial charge in [-0.05, 0) is 44.6 Å². The first-order valence-electron chi connectivity index (χ1n) is 13.1. The van der Waals surface area contributed by atoms with Gasteiger partial charge in [0.15, 0.2) is 0 Å². The number of rotatable bonds is 16. The Balaban J connectivity index is 1.88. The summed E-state index contributed by atoms with van der Waals surface area (Å²) in [4.78, 5) is 51.5. The monoisotopic (exact) mass is 499 g/mol. The number of aliphatic carboxylic acids is 1. The van der Waals surface area contributed by atoms with Crippen LogP contribution in [0, 0.1) is 0 Å². The lowest BCUT2D eigenvalue weighted by atomic mass is 10.0. The summed E-state index contributed by atoms with van der Waals surface area (Å²) in [7, 11) is 0. The van der Waals surface area contributed by atoms with Gasteiger partial charge in [0.2, 0.25) is 17.7 Å². The molecule has 0 bridgehead atoms. The van der Waals surface area contributed by atoms with Crippen LogP contribution in [0.25, 0.3) is 0 Å². The van der Waals surface area contributed by atoms with Crippen molar-refractivity contribution in [2.75, 3.05) is 6.54 Å². The fourth-order valence-electron chi connectivity index (χ4n) is 4.49. The highest BCUT2D eigenvalue weighted by Gasteiger charge is 2.38. The number of carboxylic acid groups (broad SMARTS) is 1. The second-order valence-electron chi connectivity index (χ2n) is 9.52. The Morgan fingerprint density at radius 3 is 2.39 bits per heavy atom. The van der Waals surface area contributed by atoms with E-state index < -0.39 is 35.9 Å². The van der Waals surface area contributed by atoms with Gasteiger partial charge in [-0.25, -0.2) is 4.79 Å². The Bertz CT molecular complexity index is 873. The van der Waals surface area contributed by atoms with E-state index in [0.717, 1.165) is 44.1 Å². The first-order chi connectivity index (χ1) is 17.3. The Labute approximate surface area is 214 Å². The Kier molecular flexibility index (Phi) is 12.7. The highest BCUT2D eigenvalue weighted by Crippen LogP contribution is 2.20. The van der Waals surface area contributed by atoms with Gasteiger partial charge in [-0.1, -0.05) is 62.1 Å². The van der Waals surface area contributed by atoms with Gasteiger partial charge in [0, 0.05) is 19.4 Å². The number of likely N-dealkylation sites (tertiary alicyclic amines) is 1. The van der Waals surface area contributed by atoms with Crippen molar-refractivity contribution in [3.05, 3.63) is 48.6 Å². The van der Waals surface area contributed by atoms with E-state index in [-0.39, 0.29) is 12.3 Å². The van der Waals surface area contributed by atoms with Crippen LogP contribution in [0.5, 0.6) is 0 Å². The highest BCUT2D eigenvalue weighted by molar-refractivity contribution is 5.93. The highest BCUT2D eigenvalue weighted by atomic mass is 16.4. The summed E-state index contributed by atoms with van der Waals surface area (Å²) < 4.78 is 0. The van der Waals surface area contributed by atoms with Crippen molar-refractivity contribution in [1.29, 1.82) is 0 Å². The summed E-state index contributed by atoms with van der Waals surface area (Å²) >= 11 is 0. The number of amides is 3. The third-order valence-electron chi connectivity index (χ3n) is 6.55. The molecule has 1 aromatic rings. The summed E-state index contributed by atoms with van der Waals surface area (Å²) in [6.45, 7) is 5.66. The molecule has 0 spiro atoms. The fraction of sp³-hybridized carbons (Fsp3) is 0.571. The summed E-state index contributed by atoms with van der Waals surface area (Å²) in [5.74, 6) is -2.11. The molecule has 0 unspecified atom stereocenters. The van der Waals surface area contributed by atoms with E-state index in [1.165, 1.54) is 11.3 Å². The average Bonchev–Trinajstić information content (AvgIpc) is 3.36. The SMILES string of the molecule is C=CCCCCCCCCC(=O)N[C@@H](C)C(=O)N[C@@H](Cc1ccccc1)C(=O)N1CCC[C@H]1C(=O)O. The minimum Gasteiger partial charge on any atom is -0.480 e. The van der Waals surface area contributed by atoms with Crippen LogP contribution in [0.3, 0.4) is 0 Å². The lowest BCUT2D eigenvalue weighted by molar-refractivity contribution is -0.149. The van der Waals surface area contributed by atoms with Crippen molar-refractivity contribution >= 4 is 23.7 Å². The van der Waals surface area contributed by atoms with Gasteiger partial charge in [0.25, 0.3) is 0 Å². The van der Waals surface area contributed by atoms with Crippen molar-refractivity contribution in [2.45, 2.75) is 95.7 Å². The molecule has 1 aliphatic heterocycles. The van der Waals surface area contributed by atoms with Crippen LogP contribution in [0.15, 0.2) is 43.0 Å². The number of nitrogens with zero attached hydrogens (tertiary/aromatic N) is 1. The number of hydrogen-bond acceptors (Lipinski definition) is 4. The maximum Gasteiger partial charge on any atom is 0.326 e. The molecule has 3 atom stereocenters. The van der Waals surface area contributed by atoms with Crippen LogP contribution < -0.4 is 10.6 Å². The zero-order valence-electron chi connectivity index (χ0n) is 21.4. The van der Waals surface area contributed by atoms with Crippen molar-refractivity contribution in [1.82, 2.24) is 15.5 Å². The number of unbranched alkanes of at least 4 members (excludes halogenated alkanes) is 6. The molecule has 3 N–H and O–H groups in total. The van der Waals surface area contributed by atoms with E-state index in [0.29, 0.717) is 25.8 Å². The number of nitrogens with one attached hydrogen (secondary N) is 2. The molecule has 1 heterocycles. The van der Waals surface area contributed by atoms with Crippen molar-refractivity contribution in [3.8, 4) is 0 Å². The summed E-state index contributed by atoms with van der Waals surface area (Å²) in [6, 6.07) is 6.66. The van der Waals surface area contributed by atoms with E-state index in [4.69, 9.17) is 0 Å². The van der Waals surface area contributed by atoms with Crippen molar-refractivity contribution in [3.63, 3.8) is 0 Å². The van der Waals surface area contributed by atoms with Gasteiger partial charge in [-0.3, -0.25) is 14.4 Å². The molecule has 3 amide bonds. The predicted molar refractivity (Wildman–Crippen MR) is 139 cm³/mol. The van der Waals surface area contributed by atoms with Gasteiger partial charge in [0.1, 0.15) is 18.1 Å². The lowest BCUT2D eigenvalue weighted by Gasteiger charge is -2.28. The molecule has 2 rings (SSSR count). The van der Waals surface area contributed by atoms with Crippen molar-refractivity contribution in [2.24, 2.45) is 0 Å². The summed E-state index contributed by atoms with van der Waals surface area (Å²) in [6.07, 6.45) is 10.8. The van der Waals surface area contributed by atoms with E-state index in [2.05, 4.69) is 17.2 Å². The van der Waals surface area contributed by atoms with E-state index in [1.54, 1.807) is 6.92 Å². The molecule has 0 saturated carbocycles. The van der Waals surface area contributed by atoms with Crippen LogP contribution in [0.2, 0.25) is 0 Å². The molecular weight excluding hydrogens is 458 g/mol. The molecule has 0 radical (unpaired) electrons. The molecular formula is C28H41N3O5.